The van der Waals surface area contributed by atoms with E-state index in [1.807, 2.05) is 6.92 Å². The van der Waals surface area contributed by atoms with Gasteiger partial charge in [-0.3, -0.25) is 4.79 Å². The summed E-state index contributed by atoms with van der Waals surface area (Å²) in [6.45, 7) is 6.84. The molecule has 1 aromatic rings. The molecule has 0 aromatic heterocycles. The van der Waals surface area contributed by atoms with Crippen LogP contribution in [0.1, 0.15) is 39.2 Å². The van der Waals surface area contributed by atoms with Gasteiger partial charge in [0.2, 0.25) is 15.9 Å². The first kappa shape index (κ1) is 23.6. The second kappa shape index (κ2) is 9.86. The number of sulfone groups is 1. The van der Waals surface area contributed by atoms with Gasteiger partial charge in [-0.05, 0) is 36.6 Å². The number of hydrogen-bond donors (Lipinski definition) is 0. The lowest BCUT2D eigenvalue weighted by Crippen LogP contribution is -2.40. The van der Waals surface area contributed by atoms with E-state index in [9.17, 15) is 21.6 Å². The Morgan fingerprint density at radius 2 is 1.76 bits per heavy atom. The number of amides is 1. The summed E-state index contributed by atoms with van der Waals surface area (Å²) in [5.74, 6) is -0.0873. The molecule has 0 N–H and O–H groups in total. The van der Waals surface area contributed by atoms with Crippen LogP contribution in [0.3, 0.4) is 0 Å². The van der Waals surface area contributed by atoms with Gasteiger partial charge >= 0.3 is 0 Å². The summed E-state index contributed by atoms with van der Waals surface area (Å²) in [4.78, 5) is 14.5. The minimum atomic E-state index is -3.51. The lowest BCUT2D eigenvalue weighted by molar-refractivity contribution is -0.127. The van der Waals surface area contributed by atoms with E-state index in [0.29, 0.717) is 31.6 Å². The molecular weight excluding hydrogens is 412 g/mol. The van der Waals surface area contributed by atoms with E-state index in [4.69, 9.17) is 0 Å². The van der Waals surface area contributed by atoms with Gasteiger partial charge in [0, 0.05) is 31.8 Å². The summed E-state index contributed by atoms with van der Waals surface area (Å²) in [6.07, 6.45) is 4.27. The van der Waals surface area contributed by atoms with Gasteiger partial charge in [-0.15, -0.1) is 0 Å². The van der Waals surface area contributed by atoms with Crippen molar-refractivity contribution in [2.24, 2.45) is 0 Å². The summed E-state index contributed by atoms with van der Waals surface area (Å²) >= 11 is 0. The zero-order chi connectivity index (χ0) is 21.7. The maximum absolute atomic E-state index is 12.6. The Balaban J connectivity index is 2.13. The van der Waals surface area contributed by atoms with Crippen LogP contribution in [0.2, 0.25) is 0 Å². The first-order valence-corrected chi connectivity index (χ1v) is 13.2. The van der Waals surface area contributed by atoms with Crippen LogP contribution < -0.4 is 0 Å². The average molecular weight is 443 g/mol. The summed E-state index contributed by atoms with van der Waals surface area (Å²) < 4.78 is 49.9. The van der Waals surface area contributed by atoms with Crippen LogP contribution >= 0.6 is 0 Å². The molecule has 7 nitrogen and oxygen atoms in total. The smallest absolute Gasteiger partial charge is 0.246 e. The predicted octanol–water partition coefficient (Wildman–Crippen LogP) is 2.16. The normalized spacial score (nSPS) is 19.1. The van der Waals surface area contributed by atoms with E-state index >= 15 is 0 Å². The molecule has 1 amide bonds. The number of rotatable bonds is 9. The molecule has 0 unspecified atom stereocenters. The first-order chi connectivity index (χ1) is 13.6. The molecule has 0 spiro atoms. The third-order valence-electron chi connectivity index (χ3n) is 5.04. The van der Waals surface area contributed by atoms with Crippen molar-refractivity contribution in [2.75, 3.05) is 31.1 Å². The number of carbonyl (C=O) groups is 1. The molecule has 1 saturated heterocycles. The van der Waals surface area contributed by atoms with E-state index in [1.54, 1.807) is 37.0 Å². The number of carbonyl (C=O) groups excluding carboxylic acids is 1. The molecule has 0 radical (unpaired) electrons. The summed E-state index contributed by atoms with van der Waals surface area (Å²) in [7, 11) is -6.58. The van der Waals surface area contributed by atoms with Gasteiger partial charge in [0.25, 0.3) is 0 Å². The van der Waals surface area contributed by atoms with Crippen LogP contribution in [-0.4, -0.2) is 69.1 Å². The van der Waals surface area contributed by atoms with Crippen LogP contribution in [-0.2, 0) is 24.7 Å². The van der Waals surface area contributed by atoms with Crippen molar-refractivity contribution in [3.63, 3.8) is 0 Å². The van der Waals surface area contributed by atoms with E-state index in [2.05, 4.69) is 0 Å². The van der Waals surface area contributed by atoms with Gasteiger partial charge in [-0.2, -0.15) is 4.31 Å². The molecule has 29 heavy (non-hydrogen) atoms. The highest BCUT2D eigenvalue weighted by molar-refractivity contribution is 7.91. The molecule has 0 aliphatic carbocycles. The first-order valence-electron chi connectivity index (χ1n) is 9.94. The Hall–Kier alpha value is -1.71. The second-order valence-electron chi connectivity index (χ2n) is 7.08. The van der Waals surface area contributed by atoms with Crippen LogP contribution in [0.25, 0.3) is 6.08 Å². The molecule has 1 atom stereocenters. The summed E-state index contributed by atoms with van der Waals surface area (Å²) in [5, 5.41) is 0. The largest absolute Gasteiger partial charge is 0.335 e. The van der Waals surface area contributed by atoms with Crippen molar-refractivity contribution in [3.8, 4) is 0 Å². The van der Waals surface area contributed by atoms with Crippen molar-refractivity contribution < 1.29 is 21.6 Å². The number of nitrogens with zero attached hydrogens (tertiary/aromatic N) is 2. The topological polar surface area (TPSA) is 91.8 Å². The predicted molar refractivity (Wildman–Crippen MR) is 115 cm³/mol. The van der Waals surface area contributed by atoms with Crippen molar-refractivity contribution in [2.45, 2.75) is 44.6 Å². The van der Waals surface area contributed by atoms with Crippen LogP contribution in [0.5, 0.6) is 0 Å². The molecule has 162 valence electrons. The van der Waals surface area contributed by atoms with Gasteiger partial charge in [-0.1, -0.05) is 32.9 Å². The molecule has 9 heteroatoms. The van der Waals surface area contributed by atoms with E-state index in [1.165, 1.54) is 22.5 Å². The van der Waals surface area contributed by atoms with Crippen molar-refractivity contribution in [3.05, 3.63) is 35.9 Å². The Kier molecular flexibility index (Phi) is 8.02. The van der Waals surface area contributed by atoms with E-state index in [0.717, 1.165) is 6.42 Å². The standard InChI is InChI=1S/C20H30N2O5S2/c1-4-14-22(18-13-15-28(24,25)16-18)20(23)12-9-17-7-10-19(11-8-17)29(26,27)21(5-2)6-3/h7-12,18H,4-6,13-16H2,1-3H3/b12-9+/t18-/m0/s1. The SMILES string of the molecule is CCCN(C(=O)/C=C/c1ccc(S(=O)(=O)N(CC)CC)cc1)[C@H]1CCS(=O)(=O)C1. The third-order valence-corrected chi connectivity index (χ3v) is 8.85. The van der Waals surface area contributed by atoms with Gasteiger partial charge in [0.05, 0.1) is 16.4 Å². The fraction of sp³-hybridized carbons (Fsp3) is 0.550. The maximum atomic E-state index is 12.6. The van der Waals surface area contributed by atoms with Gasteiger partial charge in [0.1, 0.15) is 0 Å². The highest BCUT2D eigenvalue weighted by Gasteiger charge is 2.33. The quantitative estimate of drug-likeness (QED) is 0.547. The fourth-order valence-corrected chi connectivity index (χ4v) is 6.65. The molecule has 1 aliphatic rings. The zero-order valence-electron chi connectivity index (χ0n) is 17.2. The lowest BCUT2D eigenvalue weighted by atomic mass is 10.2. The molecule has 1 aromatic carbocycles. The molecule has 0 bridgehead atoms. The van der Waals surface area contributed by atoms with Crippen molar-refractivity contribution in [1.82, 2.24) is 9.21 Å². The number of sulfonamides is 1. The molecule has 1 heterocycles. The molecular formula is C20H30N2O5S2. The van der Waals surface area contributed by atoms with Crippen LogP contribution in [0, 0.1) is 0 Å². The average Bonchev–Trinajstić information content (AvgIpc) is 3.04. The molecule has 2 rings (SSSR count). The Morgan fingerprint density at radius 3 is 2.24 bits per heavy atom. The Bertz CT molecular complexity index is 934. The summed E-state index contributed by atoms with van der Waals surface area (Å²) in [6, 6.07) is 6.10. The van der Waals surface area contributed by atoms with Crippen molar-refractivity contribution >= 4 is 31.8 Å². The fourth-order valence-electron chi connectivity index (χ4n) is 3.46. The molecule has 0 saturated carbocycles. The number of hydrogen-bond acceptors (Lipinski definition) is 5. The monoisotopic (exact) mass is 442 g/mol. The zero-order valence-corrected chi connectivity index (χ0v) is 18.9. The van der Waals surface area contributed by atoms with Gasteiger partial charge < -0.3 is 4.90 Å². The lowest BCUT2D eigenvalue weighted by Gasteiger charge is -2.26. The van der Waals surface area contributed by atoms with Crippen molar-refractivity contribution in [1.29, 1.82) is 0 Å². The second-order valence-corrected chi connectivity index (χ2v) is 11.2. The minimum absolute atomic E-state index is 0.0183. The van der Waals surface area contributed by atoms with Gasteiger partial charge in [-0.25, -0.2) is 16.8 Å². The minimum Gasteiger partial charge on any atom is -0.335 e. The Labute approximate surface area is 174 Å². The van der Waals surface area contributed by atoms with E-state index in [-0.39, 0.29) is 28.4 Å². The maximum Gasteiger partial charge on any atom is 0.246 e. The summed E-state index contributed by atoms with van der Waals surface area (Å²) in [5.41, 5.74) is 0.701. The third kappa shape index (κ3) is 5.90. The number of benzene rings is 1. The molecule has 1 fully saturated rings. The van der Waals surface area contributed by atoms with Crippen LogP contribution in [0.15, 0.2) is 35.2 Å². The van der Waals surface area contributed by atoms with Crippen LogP contribution in [0.4, 0.5) is 0 Å². The molecule has 1 aliphatic heterocycles. The Morgan fingerprint density at radius 1 is 1.14 bits per heavy atom. The van der Waals surface area contributed by atoms with E-state index < -0.39 is 19.9 Å². The highest BCUT2D eigenvalue weighted by atomic mass is 32.2. The highest BCUT2D eigenvalue weighted by Crippen LogP contribution is 2.20. The van der Waals surface area contributed by atoms with Gasteiger partial charge in [0.15, 0.2) is 9.84 Å².